The summed E-state index contributed by atoms with van der Waals surface area (Å²) in [7, 11) is 1.57. The fourth-order valence-corrected chi connectivity index (χ4v) is 2.39. The van der Waals surface area contributed by atoms with Crippen molar-refractivity contribution in [2.24, 2.45) is 0 Å². The highest BCUT2D eigenvalue weighted by atomic mass is 19.1. The molecule has 5 nitrogen and oxygen atoms in total. The van der Waals surface area contributed by atoms with Crippen molar-refractivity contribution in [1.82, 2.24) is 10.6 Å². The zero-order valence-electron chi connectivity index (χ0n) is 14.2. The van der Waals surface area contributed by atoms with Crippen LogP contribution in [-0.4, -0.2) is 18.9 Å². The van der Waals surface area contributed by atoms with Gasteiger partial charge in [-0.3, -0.25) is 9.59 Å². The van der Waals surface area contributed by atoms with Gasteiger partial charge in [0.25, 0.3) is 0 Å². The van der Waals surface area contributed by atoms with E-state index in [0.29, 0.717) is 12.3 Å². The molecule has 0 aliphatic carbocycles. The lowest BCUT2D eigenvalue weighted by Crippen LogP contribution is -2.32. The zero-order chi connectivity index (χ0) is 18.2. The lowest BCUT2D eigenvalue weighted by Gasteiger charge is -2.18. The van der Waals surface area contributed by atoms with Crippen molar-refractivity contribution < 1.29 is 18.7 Å². The summed E-state index contributed by atoms with van der Waals surface area (Å²) in [5.41, 5.74) is 1.61. The number of amides is 2. The van der Waals surface area contributed by atoms with Gasteiger partial charge in [0, 0.05) is 13.5 Å². The van der Waals surface area contributed by atoms with E-state index in [9.17, 15) is 14.0 Å². The number of nitrogens with one attached hydrogen (secondary N) is 2. The molecule has 25 heavy (non-hydrogen) atoms. The van der Waals surface area contributed by atoms with Crippen molar-refractivity contribution in [1.29, 1.82) is 0 Å². The Kier molecular flexibility index (Phi) is 6.51. The lowest BCUT2D eigenvalue weighted by molar-refractivity contribution is -0.122. The Hall–Kier alpha value is -2.89. The van der Waals surface area contributed by atoms with E-state index in [1.807, 2.05) is 12.1 Å². The standard InChI is InChI=1S/C19H21FN2O3/c1-13(23)22-18(15-5-9-17(25-2)10-6-15)11-19(24)21-12-14-3-7-16(20)8-4-14/h3-10,18H,11-12H2,1-2H3,(H,21,24)(H,22,23). The highest BCUT2D eigenvalue weighted by Crippen LogP contribution is 2.20. The lowest BCUT2D eigenvalue weighted by atomic mass is 10.0. The normalized spacial score (nSPS) is 11.5. The van der Waals surface area contributed by atoms with Crippen LogP contribution in [0.2, 0.25) is 0 Å². The van der Waals surface area contributed by atoms with Gasteiger partial charge in [-0.15, -0.1) is 0 Å². The number of carbonyl (C=O) groups is 2. The highest BCUT2D eigenvalue weighted by molar-refractivity contribution is 5.79. The van der Waals surface area contributed by atoms with Crippen LogP contribution >= 0.6 is 0 Å². The van der Waals surface area contributed by atoms with E-state index in [1.165, 1.54) is 19.1 Å². The molecule has 0 saturated carbocycles. The van der Waals surface area contributed by atoms with Crippen LogP contribution in [0.4, 0.5) is 4.39 Å². The molecule has 2 aromatic carbocycles. The third-order valence-corrected chi connectivity index (χ3v) is 3.69. The van der Waals surface area contributed by atoms with Gasteiger partial charge in [-0.2, -0.15) is 0 Å². The molecule has 2 rings (SSSR count). The molecule has 0 saturated heterocycles. The van der Waals surface area contributed by atoms with Gasteiger partial charge in [-0.05, 0) is 35.4 Å². The molecule has 6 heteroatoms. The molecule has 1 unspecified atom stereocenters. The Morgan fingerprint density at radius 3 is 2.28 bits per heavy atom. The Morgan fingerprint density at radius 2 is 1.72 bits per heavy atom. The number of rotatable bonds is 7. The number of halogens is 1. The van der Waals surface area contributed by atoms with Crippen molar-refractivity contribution >= 4 is 11.8 Å². The molecule has 0 bridgehead atoms. The molecule has 0 aliphatic rings. The molecule has 0 heterocycles. The maximum absolute atomic E-state index is 12.9. The van der Waals surface area contributed by atoms with Gasteiger partial charge in [0.1, 0.15) is 11.6 Å². The summed E-state index contributed by atoms with van der Waals surface area (Å²) in [6, 6.07) is 12.7. The maximum Gasteiger partial charge on any atom is 0.222 e. The molecule has 2 amide bonds. The SMILES string of the molecule is COc1ccc(C(CC(=O)NCc2ccc(F)cc2)NC(C)=O)cc1. The van der Waals surface area contributed by atoms with Crippen LogP contribution in [0.3, 0.4) is 0 Å². The summed E-state index contributed by atoms with van der Waals surface area (Å²) in [6.07, 6.45) is 0.104. The first-order chi connectivity index (χ1) is 12.0. The van der Waals surface area contributed by atoms with Crippen LogP contribution in [-0.2, 0) is 16.1 Å². The van der Waals surface area contributed by atoms with Crippen molar-refractivity contribution in [2.45, 2.75) is 25.9 Å². The number of hydrogen-bond acceptors (Lipinski definition) is 3. The fraction of sp³-hybridized carbons (Fsp3) is 0.263. The molecular formula is C19H21FN2O3. The van der Waals surface area contributed by atoms with Crippen molar-refractivity contribution in [2.75, 3.05) is 7.11 Å². The Balaban J connectivity index is 1.98. The first-order valence-corrected chi connectivity index (χ1v) is 7.90. The van der Waals surface area contributed by atoms with E-state index in [2.05, 4.69) is 10.6 Å². The topological polar surface area (TPSA) is 67.4 Å². The molecule has 0 fully saturated rings. The van der Waals surface area contributed by atoms with Crippen LogP contribution < -0.4 is 15.4 Å². The second-order valence-corrected chi connectivity index (χ2v) is 5.63. The van der Waals surface area contributed by atoms with E-state index < -0.39 is 6.04 Å². The summed E-state index contributed by atoms with van der Waals surface area (Å²) in [6.45, 7) is 1.71. The summed E-state index contributed by atoms with van der Waals surface area (Å²) < 4.78 is 18.0. The molecule has 1 atom stereocenters. The second kappa shape index (κ2) is 8.82. The van der Waals surface area contributed by atoms with Crippen LogP contribution in [0.1, 0.15) is 30.5 Å². The molecule has 0 radical (unpaired) electrons. The summed E-state index contributed by atoms with van der Waals surface area (Å²) in [4.78, 5) is 23.7. The number of ether oxygens (including phenoxy) is 1. The predicted octanol–water partition coefficient (Wildman–Crippen LogP) is 2.72. The average molecular weight is 344 g/mol. The van der Waals surface area contributed by atoms with Gasteiger partial charge in [0.2, 0.25) is 11.8 Å². The van der Waals surface area contributed by atoms with E-state index in [0.717, 1.165) is 11.1 Å². The predicted molar refractivity (Wildman–Crippen MR) is 92.4 cm³/mol. The van der Waals surface area contributed by atoms with E-state index in [-0.39, 0.29) is 24.1 Å². The van der Waals surface area contributed by atoms with Crippen molar-refractivity contribution in [3.05, 3.63) is 65.5 Å². The quantitative estimate of drug-likeness (QED) is 0.811. The van der Waals surface area contributed by atoms with E-state index in [4.69, 9.17) is 4.74 Å². The Morgan fingerprint density at radius 1 is 1.08 bits per heavy atom. The van der Waals surface area contributed by atoms with Crippen LogP contribution in [0.15, 0.2) is 48.5 Å². The minimum absolute atomic E-state index is 0.104. The summed E-state index contributed by atoms with van der Waals surface area (Å²) >= 11 is 0. The van der Waals surface area contributed by atoms with Gasteiger partial charge >= 0.3 is 0 Å². The molecule has 0 aliphatic heterocycles. The number of hydrogen-bond donors (Lipinski definition) is 2. The van der Waals surface area contributed by atoms with Gasteiger partial charge in [-0.1, -0.05) is 24.3 Å². The van der Waals surface area contributed by atoms with Crippen LogP contribution in [0, 0.1) is 5.82 Å². The molecule has 132 valence electrons. The minimum Gasteiger partial charge on any atom is -0.497 e. The molecule has 2 N–H and O–H groups in total. The molecule has 2 aromatic rings. The number of benzene rings is 2. The van der Waals surface area contributed by atoms with Gasteiger partial charge < -0.3 is 15.4 Å². The monoisotopic (exact) mass is 344 g/mol. The first-order valence-electron chi connectivity index (χ1n) is 7.90. The second-order valence-electron chi connectivity index (χ2n) is 5.63. The zero-order valence-corrected chi connectivity index (χ0v) is 14.2. The molecule has 0 aromatic heterocycles. The Labute approximate surface area is 146 Å². The van der Waals surface area contributed by atoms with Gasteiger partial charge in [0.05, 0.1) is 19.6 Å². The summed E-state index contributed by atoms with van der Waals surface area (Å²) in [5.74, 6) is -0.0440. The third kappa shape index (κ3) is 5.91. The Bertz CT molecular complexity index is 714. The van der Waals surface area contributed by atoms with Gasteiger partial charge in [0.15, 0.2) is 0 Å². The number of carbonyl (C=O) groups excluding carboxylic acids is 2. The van der Waals surface area contributed by atoms with Crippen LogP contribution in [0.5, 0.6) is 5.75 Å². The summed E-state index contributed by atoms with van der Waals surface area (Å²) in [5, 5.41) is 5.56. The van der Waals surface area contributed by atoms with Crippen LogP contribution in [0.25, 0.3) is 0 Å². The van der Waals surface area contributed by atoms with E-state index in [1.54, 1.807) is 31.4 Å². The smallest absolute Gasteiger partial charge is 0.222 e. The first kappa shape index (κ1) is 18.4. The van der Waals surface area contributed by atoms with Crippen molar-refractivity contribution in [3.8, 4) is 5.75 Å². The minimum atomic E-state index is -0.434. The van der Waals surface area contributed by atoms with E-state index >= 15 is 0 Å². The van der Waals surface area contributed by atoms with Gasteiger partial charge in [-0.25, -0.2) is 4.39 Å². The third-order valence-electron chi connectivity index (χ3n) is 3.69. The van der Waals surface area contributed by atoms with Crippen molar-refractivity contribution in [3.63, 3.8) is 0 Å². The number of methoxy groups -OCH3 is 1. The fourth-order valence-electron chi connectivity index (χ4n) is 2.39. The molecule has 0 spiro atoms. The largest absolute Gasteiger partial charge is 0.497 e. The highest BCUT2D eigenvalue weighted by Gasteiger charge is 2.17. The maximum atomic E-state index is 12.9. The average Bonchev–Trinajstić information content (AvgIpc) is 2.60. The molecular weight excluding hydrogens is 323 g/mol.